The topological polar surface area (TPSA) is 0 Å². The predicted molar refractivity (Wildman–Crippen MR) is 97.4 cm³/mol. The van der Waals surface area contributed by atoms with Crippen LogP contribution in [0, 0.1) is 47.3 Å². The highest BCUT2D eigenvalue weighted by Gasteiger charge is 2.32. The summed E-state index contributed by atoms with van der Waals surface area (Å²) in [6, 6.07) is 0. The average molecular weight is 301 g/mol. The van der Waals surface area contributed by atoms with Crippen molar-refractivity contribution in [1.29, 1.82) is 0 Å². The highest BCUT2D eigenvalue weighted by molar-refractivity contribution is 7.80. The van der Waals surface area contributed by atoms with Crippen LogP contribution in [0.5, 0.6) is 0 Å². The molecule has 122 valence electrons. The third-order valence-corrected chi connectivity index (χ3v) is 7.26. The van der Waals surface area contributed by atoms with E-state index in [2.05, 4.69) is 81.9 Å². The van der Waals surface area contributed by atoms with Gasteiger partial charge in [-0.15, -0.1) is 0 Å². The van der Waals surface area contributed by atoms with Crippen LogP contribution in [0.15, 0.2) is 0 Å². The van der Waals surface area contributed by atoms with Gasteiger partial charge in [0.25, 0.3) is 0 Å². The monoisotopic (exact) mass is 300 g/mol. The molecule has 1 heteroatoms. The van der Waals surface area contributed by atoms with E-state index in [4.69, 9.17) is 0 Å². The lowest BCUT2D eigenvalue weighted by Crippen LogP contribution is -2.33. The molecule has 0 saturated heterocycles. The molecule has 0 amide bonds. The maximum absolute atomic E-state index is 4.65. The van der Waals surface area contributed by atoms with Crippen LogP contribution in [0.3, 0.4) is 0 Å². The predicted octanol–water partition coefficient (Wildman–Crippen LogP) is 6.41. The van der Waals surface area contributed by atoms with E-state index in [1.165, 1.54) is 0 Å². The molecule has 0 aromatic carbocycles. The first-order valence-electron chi connectivity index (χ1n) is 8.70. The van der Waals surface area contributed by atoms with Gasteiger partial charge in [-0.25, -0.2) is 0 Å². The SMILES string of the molecule is CC(C)C(C)C(C)C(C)C(C)C(C)C(C)[C@H](C)C(C)S. The third-order valence-electron chi connectivity index (χ3n) is 6.79. The second-order valence-corrected chi connectivity index (χ2v) is 8.81. The van der Waals surface area contributed by atoms with Crippen LogP contribution in [0.1, 0.15) is 69.2 Å². The zero-order valence-corrected chi connectivity index (χ0v) is 16.5. The molecule has 20 heavy (non-hydrogen) atoms. The van der Waals surface area contributed by atoms with Crippen LogP contribution in [-0.4, -0.2) is 5.25 Å². The fourth-order valence-corrected chi connectivity index (χ4v) is 3.71. The van der Waals surface area contributed by atoms with Gasteiger partial charge in [-0.2, -0.15) is 12.6 Å². The summed E-state index contributed by atoms with van der Waals surface area (Å²) in [5, 5.41) is 0.488. The van der Waals surface area contributed by atoms with E-state index in [1.54, 1.807) is 0 Å². The molecule has 0 bridgehead atoms. The molecule has 7 unspecified atom stereocenters. The molecule has 0 spiro atoms. The van der Waals surface area contributed by atoms with Gasteiger partial charge in [0.2, 0.25) is 0 Å². The molecule has 0 fully saturated rings. The van der Waals surface area contributed by atoms with Crippen LogP contribution in [0.2, 0.25) is 0 Å². The lowest BCUT2D eigenvalue weighted by Gasteiger charge is -2.39. The van der Waals surface area contributed by atoms with E-state index in [9.17, 15) is 0 Å². The van der Waals surface area contributed by atoms with Gasteiger partial charge >= 0.3 is 0 Å². The van der Waals surface area contributed by atoms with Crippen LogP contribution < -0.4 is 0 Å². The van der Waals surface area contributed by atoms with Crippen molar-refractivity contribution in [3.63, 3.8) is 0 Å². The largest absolute Gasteiger partial charge is 0.176 e. The summed E-state index contributed by atoms with van der Waals surface area (Å²) in [4.78, 5) is 0. The van der Waals surface area contributed by atoms with Gasteiger partial charge in [0.15, 0.2) is 0 Å². The average Bonchev–Trinajstić information content (AvgIpc) is 2.40. The molecule has 0 nitrogen and oxygen atoms in total. The summed E-state index contributed by atoms with van der Waals surface area (Å²) in [5.74, 6) is 6.12. The van der Waals surface area contributed by atoms with Crippen LogP contribution in [0.4, 0.5) is 0 Å². The van der Waals surface area contributed by atoms with E-state index in [-0.39, 0.29) is 0 Å². The summed E-state index contributed by atoms with van der Waals surface area (Å²) in [6.07, 6.45) is 0. The highest BCUT2D eigenvalue weighted by atomic mass is 32.1. The van der Waals surface area contributed by atoms with Gasteiger partial charge < -0.3 is 0 Å². The first kappa shape index (κ1) is 20.3. The highest BCUT2D eigenvalue weighted by Crippen LogP contribution is 2.39. The van der Waals surface area contributed by atoms with E-state index >= 15 is 0 Å². The van der Waals surface area contributed by atoms with Crippen molar-refractivity contribution in [3.05, 3.63) is 0 Å². The second kappa shape index (κ2) is 8.71. The maximum Gasteiger partial charge on any atom is 0.00167 e. The Hall–Kier alpha value is 0.350. The van der Waals surface area contributed by atoms with Gasteiger partial charge in [0, 0.05) is 5.25 Å². The van der Waals surface area contributed by atoms with Crippen molar-refractivity contribution < 1.29 is 0 Å². The third kappa shape index (κ3) is 5.28. The fraction of sp³-hybridized carbons (Fsp3) is 1.00. The number of hydrogen-bond acceptors (Lipinski definition) is 1. The van der Waals surface area contributed by atoms with Crippen LogP contribution in [0.25, 0.3) is 0 Å². The Morgan fingerprint density at radius 1 is 0.400 bits per heavy atom. The molecular weight excluding hydrogens is 260 g/mol. The van der Waals surface area contributed by atoms with Crippen molar-refractivity contribution in [2.75, 3.05) is 0 Å². The van der Waals surface area contributed by atoms with Gasteiger partial charge in [0.1, 0.15) is 0 Å². The lowest BCUT2D eigenvalue weighted by molar-refractivity contribution is 0.106. The van der Waals surface area contributed by atoms with Crippen molar-refractivity contribution in [1.82, 2.24) is 0 Å². The Morgan fingerprint density at radius 2 is 0.650 bits per heavy atom. The zero-order valence-electron chi connectivity index (χ0n) is 15.6. The molecule has 0 radical (unpaired) electrons. The molecule has 0 rings (SSSR count). The summed E-state index contributed by atoms with van der Waals surface area (Å²) >= 11 is 4.65. The van der Waals surface area contributed by atoms with Crippen molar-refractivity contribution in [2.24, 2.45) is 47.3 Å². The first-order valence-corrected chi connectivity index (χ1v) is 9.21. The Labute approximate surface area is 134 Å². The molecule has 0 aromatic rings. The molecule has 8 atom stereocenters. The van der Waals surface area contributed by atoms with Crippen molar-refractivity contribution in [2.45, 2.75) is 74.5 Å². The Balaban J connectivity index is 4.75. The number of hydrogen-bond donors (Lipinski definition) is 1. The molecule has 0 N–H and O–H groups in total. The molecule has 0 aliphatic heterocycles. The number of thiol groups is 1. The second-order valence-electron chi connectivity index (χ2n) is 8.00. The quantitative estimate of drug-likeness (QED) is 0.492. The summed E-state index contributed by atoms with van der Waals surface area (Å²) < 4.78 is 0. The molecular formula is C19H40S. The summed E-state index contributed by atoms with van der Waals surface area (Å²) in [5.41, 5.74) is 0. The molecule has 0 aromatic heterocycles. The Kier molecular flexibility index (Phi) is 8.86. The molecule has 0 aliphatic carbocycles. The maximum atomic E-state index is 4.65. The minimum atomic E-state index is 0.488. The fourth-order valence-electron chi connectivity index (χ4n) is 3.44. The smallest absolute Gasteiger partial charge is 0.00167 e. The standard InChI is InChI=1S/C19H40S/c1-11(2)12(3)13(4)14(5)15(6)16(7)17(8)18(9)19(10)20/h11-20H,1-10H3/t12?,13?,14?,15?,16?,17?,18-,19?/m0/s1. The van der Waals surface area contributed by atoms with Gasteiger partial charge in [-0.3, -0.25) is 0 Å². The van der Waals surface area contributed by atoms with Gasteiger partial charge in [0.05, 0.1) is 0 Å². The Bertz CT molecular complexity index is 232. The van der Waals surface area contributed by atoms with Crippen LogP contribution >= 0.6 is 12.6 Å². The van der Waals surface area contributed by atoms with Crippen molar-refractivity contribution in [3.8, 4) is 0 Å². The minimum Gasteiger partial charge on any atom is -0.176 e. The van der Waals surface area contributed by atoms with E-state index in [0.717, 1.165) is 41.4 Å². The van der Waals surface area contributed by atoms with Gasteiger partial charge in [-0.1, -0.05) is 69.2 Å². The number of rotatable bonds is 8. The summed E-state index contributed by atoms with van der Waals surface area (Å²) in [6.45, 7) is 24.0. The van der Waals surface area contributed by atoms with E-state index in [1.807, 2.05) is 0 Å². The normalized spacial score (nSPS) is 24.6. The zero-order chi connectivity index (χ0) is 16.2. The summed E-state index contributed by atoms with van der Waals surface area (Å²) in [7, 11) is 0. The van der Waals surface area contributed by atoms with Crippen molar-refractivity contribution >= 4 is 12.6 Å². The van der Waals surface area contributed by atoms with E-state index < -0.39 is 0 Å². The molecule has 0 heterocycles. The molecule has 0 saturated carbocycles. The van der Waals surface area contributed by atoms with Crippen LogP contribution in [-0.2, 0) is 0 Å². The first-order chi connectivity index (χ1) is 9.02. The minimum absolute atomic E-state index is 0.488. The Morgan fingerprint density at radius 3 is 0.900 bits per heavy atom. The van der Waals surface area contributed by atoms with Gasteiger partial charge in [-0.05, 0) is 47.3 Å². The molecule has 0 aliphatic rings. The lowest BCUT2D eigenvalue weighted by atomic mass is 9.67. The van der Waals surface area contributed by atoms with E-state index in [0.29, 0.717) is 11.2 Å².